The van der Waals surface area contributed by atoms with Crippen LogP contribution in [0.15, 0.2) is 43.0 Å². The second-order valence-corrected chi connectivity index (χ2v) is 14.0. The van der Waals surface area contributed by atoms with Gasteiger partial charge in [-0.2, -0.15) is 0 Å². The van der Waals surface area contributed by atoms with E-state index in [1.165, 1.54) is 88.3 Å². The molecule has 3 fully saturated rings. The molecule has 43 heavy (non-hydrogen) atoms. The molecule has 0 heterocycles. The largest absolute Gasteiger partial charge is 0.315 e. The van der Waals surface area contributed by atoms with Gasteiger partial charge in [-0.3, -0.25) is 4.99 Å². The average Bonchev–Trinajstić information content (AvgIpc) is 3.39. The lowest BCUT2D eigenvalue weighted by molar-refractivity contribution is 0.0475. The van der Waals surface area contributed by atoms with E-state index in [1.54, 1.807) is 6.08 Å². The predicted molar refractivity (Wildman–Crippen MR) is 203 cm³/mol. The lowest BCUT2D eigenvalue weighted by Crippen LogP contribution is -2.41. The molecule has 3 saturated carbocycles. The quantitative estimate of drug-likeness (QED) is 0.142. The van der Waals surface area contributed by atoms with E-state index in [-0.39, 0.29) is 7.43 Å². The minimum atomic E-state index is 0. The number of nitrogens with zero attached hydrogens (tertiary/aromatic N) is 1. The number of allylic oxidation sites excluding steroid dienone is 2. The smallest absolute Gasteiger partial charge is 0.0388 e. The maximum absolute atomic E-state index is 5.13. The fourth-order valence-corrected chi connectivity index (χ4v) is 8.94. The van der Waals surface area contributed by atoms with Crippen LogP contribution in [0.2, 0.25) is 0 Å². The van der Waals surface area contributed by atoms with Gasteiger partial charge in [-0.15, -0.1) is 19.7 Å². The molecule has 256 valence electrons. The highest BCUT2D eigenvalue weighted by molar-refractivity contribution is 5.85. The highest BCUT2D eigenvalue weighted by Crippen LogP contribution is 2.86. The molecule has 0 aromatic rings. The van der Waals surface area contributed by atoms with Gasteiger partial charge in [0, 0.05) is 29.1 Å². The first-order chi connectivity index (χ1) is 19.8. The summed E-state index contributed by atoms with van der Waals surface area (Å²) in [5, 5.41) is 3.10. The first-order valence-corrected chi connectivity index (χ1v) is 17.8. The van der Waals surface area contributed by atoms with Gasteiger partial charge in [-0.1, -0.05) is 99.3 Å². The summed E-state index contributed by atoms with van der Waals surface area (Å²) >= 11 is 0. The van der Waals surface area contributed by atoms with Gasteiger partial charge in [0.15, 0.2) is 0 Å². The summed E-state index contributed by atoms with van der Waals surface area (Å²) in [4.78, 5) is 5.13. The van der Waals surface area contributed by atoms with Gasteiger partial charge >= 0.3 is 0 Å². The van der Waals surface area contributed by atoms with E-state index in [9.17, 15) is 0 Å². The average molecular weight is 603 g/mol. The number of unbranched alkanes of at least 4 members (excludes halogenated alkanes) is 4. The zero-order valence-corrected chi connectivity index (χ0v) is 31.3. The van der Waals surface area contributed by atoms with E-state index in [0.29, 0.717) is 21.8 Å². The summed E-state index contributed by atoms with van der Waals surface area (Å²) in [6, 6.07) is 0. The van der Waals surface area contributed by atoms with Crippen molar-refractivity contribution in [3.05, 3.63) is 38.0 Å². The zero-order chi connectivity index (χ0) is 33.2. The molecular weight excluding hydrogens is 520 g/mol. The number of hydrogen-bond acceptors (Lipinski definition) is 2. The fourth-order valence-electron chi connectivity index (χ4n) is 8.94. The Morgan fingerprint density at radius 2 is 1.44 bits per heavy atom. The van der Waals surface area contributed by atoms with Crippen LogP contribution in [0.1, 0.15) is 168 Å². The lowest BCUT2D eigenvalue weighted by atomic mass is 9.58. The van der Waals surface area contributed by atoms with E-state index >= 15 is 0 Å². The molecule has 0 aromatic carbocycles. The number of fused-ring (bicyclic) bond motifs is 3. The van der Waals surface area contributed by atoms with Crippen molar-refractivity contribution in [2.24, 2.45) is 39.0 Å². The third-order valence-corrected chi connectivity index (χ3v) is 10.8. The molecule has 3 aliphatic carbocycles. The SMILES string of the molecule is C.C=C.C=C(C)C1(CCC)C2CCC3(C)C(C(C)=NCCCCCCC)CCC3C21CC.C=CC.CC.CNC(C)(C)C. The Morgan fingerprint density at radius 3 is 1.86 bits per heavy atom. The van der Waals surface area contributed by atoms with Crippen LogP contribution in [0, 0.1) is 34.0 Å². The van der Waals surface area contributed by atoms with Gasteiger partial charge in [0.2, 0.25) is 0 Å². The van der Waals surface area contributed by atoms with Crippen molar-refractivity contribution < 1.29 is 0 Å². The topological polar surface area (TPSA) is 24.4 Å². The molecule has 0 aliphatic heterocycles. The number of nitrogens with one attached hydrogen (secondary N) is 1. The molecule has 0 radical (unpaired) electrons. The zero-order valence-electron chi connectivity index (χ0n) is 31.3. The van der Waals surface area contributed by atoms with Crippen molar-refractivity contribution in [3.63, 3.8) is 0 Å². The summed E-state index contributed by atoms with van der Waals surface area (Å²) in [5.74, 6) is 2.50. The van der Waals surface area contributed by atoms with Crippen molar-refractivity contribution in [1.82, 2.24) is 5.32 Å². The van der Waals surface area contributed by atoms with Gasteiger partial charge in [-0.05, 0) is 116 Å². The van der Waals surface area contributed by atoms with Crippen LogP contribution in [0.3, 0.4) is 0 Å². The second-order valence-electron chi connectivity index (χ2n) is 14.0. The van der Waals surface area contributed by atoms with Crippen LogP contribution >= 0.6 is 0 Å². The van der Waals surface area contributed by atoms with Crippen LogP contribution in [0.25, 0.3) is 0 Å². The van der Waals surface area contributed by atoms with Gasteiger partial charge in [0.1, 0.15) is 0 Å². The van der Waals surface area contributed by atoms with E-state index in [0.717, 1.165) is 24.3 Å². The first kappa shape index (κ1) is 46.3. The Labute approximate surface area is 274 Å². The number of rotatable bonds is 11. The Hall–Kier alpha value is -1.15. The summed E-state index contributed by atoms with van der Waals surface area (Å²) in [7, 11) is 1.96. The third-order valence-electron chi connectivity index (χ3n) is 10.8. The molecule has 0 bridgehead atoms. The van der Waals surface area contributed by atoms with Crippen molar-refractivity contribution >= 4 is 5.71 Å². The lowest BCUT2D eigenvalue weighted by Gasteiger charge is -2.46. The molecule has 2 nitrogen and oxygen atoms in total. The van der Waals surface area contributed by atoms with Gasteiger partial charge in [0.05, 0.1) is 0 Å². The predicted octanol–water partition coefficient (Wildman–Crippen LogP) is 13.3. The molecule has 3 rings (SSSR count). The molecule has 2 heteroatoms. The van der Waals surface area contributed by atoms with Crippen LogP contribution in [-0.4, -0.2) is 24.8 Å². The summed E-state index contributed by atoms with van der Waals surface area (Å²) in [6.45, 7) is 41.8. The molecule has 3 aliphatic rings. The normalized spacial score (nSPS) is 30.0. The van der Waals surface area contributed by atoms with Crippen molar-refractivity contribution in [2.45, 2.75) is 173 Å². The highest BCUT2D eigenvalue weighted by atomic mass is 14.9. The molecule has 0 spiro atoms. The maximum Gasteiger partial charge on any atom is 0.0388 e. The van der Waals surface area contributed by atoms with E-state index in [2.05, 4.69) is 93.9 Å². The van der Waals surface area contributed by atoms with E-state index in [4.69, 9.17) is 4.99 Å². The molecule has 0 amide bonds. The summed E-state index contributed by atoms with van der Waals surface area (Å²) in [5.41, 5.74) is 4.71. The van der Waals surface area contributed by atoms with Crippen molar-refractivity contribution in [2.75, 3.05) is 13.6 Å². The molecule has 6 unspecified atom stereocenters. The standard InChI is InChI=1S/C28H49N.C5H13N.C3H6.C2H6.C2H4.CH4/c1-8-11-12-13-14-20-29-22(6)23-15-16-24-26(23,7)19-17-25-27(24,10-3)28(25,18-9-2)21(4)5;1-5(2,3)6-4;1-3-2;2*1-2;/h23-25H,4,8-20H2,1-3,5-7H3;6H,1-4H3;3H,1H2,2H3;1-2H3;1-2H2;1H4. The molecule has 6 atom stereocenters. The van der Waals surface area contributed by atoms with Crippen LogP contribution in [0.4, 0.5) is 0 Å². The molecule has 1 N–H and O–H groups in total. The monoisotopic (exact) mass is 603 g/mol. The van der Waals surface area contributed by atoms with Gasteiger partial charge in [-0.25, -0.2) is 0 Å². The van der Waals surface area contributed by atoms with E-state index < -0.39 is 0 Å². The minimum absolute atomic E-state index is 0. The molecule has 0 aromatic heterocycles. The van der Waals surface area contributed by atoms with Crippen LogP contribution in [0.5, 0.6) is 0 Å². The Balaban J connectivity index is -0.000000979. The number of aliphatic imine (C=N–C) groups is 1. The van der Waals surface area contributed by atoms with Crippen LogP contribution in [-0.2, 0) is 0 Å². The molecule has 0 saturated heterocycles. The van der Waals surface area contributed by atoms with Gasteiger partial charge in [0.25, 0.3) is 0 Å². The minimum Gasteiger partial charge on any atom is -0.315 e. The van der Waals surface area contributed by atoms with Crippen molar-refractivity contribution in [3.8, 4) is 0 Å². The fraction of sp³-hybridized carbons (Fsp3) is 0.829. The Kier molecular flexibility index (Phi) is 24.1. The maximum atomic E-state index is 5.13. The van der Waals surface area contributed by atoms with E-state index in [1.807, 2.05) is 27.8 Å². The first-order valence-electron chi connectivity index (χ1n) is 17.8. The third kappa shape index (κ3) is 11.0. The van der Waals surface area contributed by atoms with Gasteiger partial charge < -0.3 is 5.32 Å². The van der Waals surface area contributed by atoms with Crippen molar-refractivity contribution in [1.29, 1.82) is 0 Å². The second kappa shape index (κ2) is 22.4. The van der Waals surface area contributed by atoms with Crippen LogP contribution < -0.4 is 5.32 Å². The Morgan fingerprint density at radius 1 is 0.930 bits per heavy atom. The summed E-state index contributed by atoms with van der Waals surface area (Å²) < 4.78 is 0. The molecular formula is C41H82N2. The number of hydrogen-bond donors (Lipinski definition) is 1. The highest BCUT2D eigenvalue weighted by Gasteiger charge is 2.81. The Bertz CT molecular complexity index is 773. The summed E-state index contributed by atoms with van der Waals surface area (Å²) in [6.07, 6.45) is 18.1.